The average molecular weight is 106 g/mol. The predicted molar refractivity (Wildman–Crippen MR) is 29.6 cm³/mol. The van der Waals surface area contributed by atoms with E-state index in [1.165, 1.54) is 0 Å². The van der Waals surface area contributed by atoms with Gasteiger partial charge in [0.25, 0.3) is 0 Å². The molecule has 0 amide bonds. The van der Waals surface area contributed by atoms with Gasteiger partial charge in [0, 0.05) is 0 Å². The molecule has 0 aliphatic carbocycles. The Kier molecular flexibility index (Phi) is 3.65. The van der Waals surface area contributed by atoms with Gasteiger partial charge in [0.15, 0.2) is 0 Å². The van der Waals surface area contributed by atoms with Crippen LogP contribution in [0.15, 0.2) is 0 Å². The van der Waals surface area contributed by atoms with Crippen LogP contribution in [0.2, 0.25) is 0 Å². The molecule has 0 unspecified atom stereocenters. The van der Waals surface area contributed by atoms with E-state index in [2.05, 4.69) is 13.8 Å². The van der Waals surface area contributed by atoms with E-state index < -0.39 is 0 Å². The molecule has 37 valence electrons. The highest BCUT2D eigenvalue weighted by atomic mass is 35.5. The minimum absolute atomic E-state index is 0.576. The smallest absolute Gasteiger partial charge is 0.0527 e. The molecule has 0 aliphatic heterocycles. The van der Waals surface area contributed by atoms with Crippen molar-refractivity contribution in [2.45, 2.75) is 20.3 Å². The van der Waals surface area contributed by atoms with Crippen molar-refractivity contribution >= 4 is 11.6 Å². The van der Waals surface area contributed by atoms with Gasteiger partial charge in [-0.3, -0.25) is 0 Å². The molecule has 0 fully saturated rings. The lowest BCUT2D eigenvalue weighted by Gasteiger charge is -1.96. The molecule has 1 atom stereocenters. The Hall–Kier alpha value is 0.290. The second kappa shape index (κ2) is 3.48. The van der Waals surface area contributed by atoms with E-state index in [1.807, 2.05) is 0 Å². The predicted octanol–water partition coefficient (Wildman–Crippen LogP) is 2.43. The first kappa shape index (κ1) is 6.29. The summed E-state index contributed by atoms with van der Waals surface area (Å²) in [5, 5.41) is 0. The third-order valence-electron chi connectivity index (χ3n) is 0.859. The molecule has 0 heterocycles. The Morgan fingerprint density at radius 3 is 2.33 bits per heavy atom. The van der Waals surface area contributed by atoms with E-state index in [1.54, 1.807) is 5.88 Å². The molecular weight excluding hydrogens is 95.5 g/mol. The van der Waals surface area contributed by atoms with Gasteiger partial charge in [0.1, 0.15) is 0 Å². The number of halogens is 1. The highest BCUT2D eigenvalue weighted by Gasteiger charge is 1.91. The minimum Gasteiger partial charge on any atom is -0.121 e. The van der Waals surface area contributed by atoms with Crippen molar-refractivity contribution in [3.63, 3.8) is 0 Å². The molecule has 0 aromatic heterocycles. The van der Waals surface area contributed by atoms with Gasteiger partial charge in [-0.05, 0) is 5.92 Å². The first-order valence-electron chi connectivity index (χ1n) is 2.24. The number of hydrogen-bond donors (Lipinski definition) is 0. The highest BCUT2D eigenvalue weighted by Crippen LogP contribution is 2.06. The minimum atomic E-state index is 0.576. The third kappa shape index (κ3) is 2.52. The van der Waals surface area contributed by atoms with Crippen molar-refractivity contribution in [1.82, 2.24) is 0 Å². The first-order valence-corrected chi connectivity index (χ1v) is 2.68. The Labute approximate surface area is 44.5 Å². The van der Waals surface area contributed by atoms with Gasteiger partial charge in [-0.2, -0.15) is 0 Å². The van der Waals surface area contributed by atoms with Gasteiger partial charge < -0.3 is 0 Å². The summed E-state index contributed by atoms with van der Waals surface area (Å²) in [5.41, 5.74) is 0. The van der Waals surface area contributed by atoms with E-state index in [9.17, 15) is 0 Å². The lowest BCUT2D eigenvalue weighted by molar-refractivity contribution is 0.680. The van der Waals surface area contributed by atoms with Gasteiger partial charge in [-0.25, -0.2) is 0 Å². The fourth-order valence-electron chi connectivity index (χ4n) is 0.0891. The molecular formula is C5H10Cl. The van der Waals surface area contributed by atoms with Crippen LogP contribution in [0.4, 0.5) is 0 Å². The molecule has 0 bridgehead atoms. The van der Waals surface area contributed by atoms with Crippen LogP contribution in [0.25, 0.3) is 0 Å². The summed E-state index contributed by atoms with van der Waals surface area (Å²) in [4.78, 5) is 0. The van der Waals surface area contributed by atoms with E-state index >= 15 is 0 Å². The Morgan fingerprint density at radius 2 is 2.33 bits per heavy atom. The van der Waals surface area contributed by atoms with Crippen molar-refractivity contribution in [3.8, 4) is 0 Å². The van der Waals surface area contributed by atoms with Crippen LogP contribution >= 0.6 is 11.6 Å². The van der Waals surface area contributed by atoms with Crippen LogP contribution in [-0.4, -0.2) is 0 Å². The molecule has 0 aromatic carbocycles. The molecule has 0 aromatic rings. The van der Waals surface area contributed by atoms with Gasteiger partial charge in [0.2, 0.25) is 0 Å². The standard InChI is InChI=1S/C5H10Cl/c1-3-5(2)4-6/h4-5H,3H2,1-2H3/t5-/m0/s1. The quantitative estimate of drug-likeness (QED) is 0.506. The molecule has 0 aliphatic rings. The van der Waals surface area contributed by atoms with Gasteiger partial charge in [-0.15, -0.1) is 11.6 Å². The lowest BCUT2D eigenvalue weighted by atomic mass is 10.2. The van der Waals surface area contributed by atoms with Crippen LogP contribution in [0.5, 0.6) is 0 Å². The van der Waals surface area contributed by atoms with Crippen molar-refractivity contribution in [2.24, 2.45) is 5.92 Å². The third-order valence-corrected chi connectivity index (χ3v) is 1.29. The summed E-state index contributed by atoms with van der Waals surface area (Å²) < 4.78 is 0. The van der Waals surface area contributed by atoms with Crippen molar-refractivity contribution in [3.05, 3.63) is 5.88 Å². The van der Waals surface area contributed by atoms with Crippen molar-refractivity contribution in [2.75, 3.05) is 0 Å². The summed E-state index contributed by atoms with van der Waals surface area (Å²) in [6.45, 7) is 4.20. The monoisotopic (exact) mass is 105 g/mol. The van der Waals surface area contributed by atoms with Crippen LogP contribution in [0.3, 0.4) is 0 Å². The Morgan fingerprint density at radius 1 is 1.83 bits per heavy atom. The van der Waals surface area contributed by atoms with Gasteiger partial charge in [-0.1, -0.05) is 20.3 Å². The maximum absolute atomic E-state index is 5.33. The summed E-state index contributed by atoms with van der Waals surface area (Å²) in [6, 6.07) is 0. The Balaban J connectivity index is 2.75. The SMILES string of the molecule is CC[C@H](C)[CH]Cl. The highest BCUT2D eigenvalue weighted by molar-refractivity contribution is 6.23. The molecule has 6 heavy (non-hydrogen) atoms. The molecule has 0 saturated carbocycles. The molecule has 0 spiro atoms. The molecule has 0 N–H and O–H groups in total. The molecule has 1 heteroatoms. The molecule has 0 saturated heterocycles. The zero-order valence-electron chi connectivity index (χ0n) is 4.24. The molecule has 1 radical (unpaired) electrons. The van der Waals surface area contributed by atoms with E-state index in [0.717, 1.165) is 6.42 Å². The summed E-state index contributed by atoms with van der Waals surface area (Å²) in [6.07, 6.45) is 1.14. The molecule has 0 nitrogen and oxygen atoms in total. The molecule has 0 rings (SSSR count). The van der Waals surface area contributed by atoms with Gasteiger partial charge >= 0.3 is 0 Å². The van der Waals surface area contributed by atoms with Gasteiger partial charge in [0.05, 0.1) is 5.88 Å². The second-order valence-corrected chi connectivity index (χ2v) is 1.76. The fourth-order valence-corrected chi connectivity index (χ4v) is 0.267. The number of rotatable bonds is 2. The summed E-state index contributed by atoms with van der Waals surface area (Å²) >= 11 is 5.33. The second-order valence-electron chi connectivity index (χ2n) is 1.51. The first-order chi connectivity index (χ1) is 2.81. The van der Waals surface area contributed by atoms with E-state index in [-0.39, 0.29) is 0 Å². The lowest BCUT2D eigenvalue weighted by Crippen LogP contribution is -1.84. The largest absolute Gasteiger partial charge is 0.121 e. The zero-order chi connectivity index (χ0) is 4.99. The topological polar surface area (TPSA) is 0 Å². The van der Waals surface area contributed by atoms with E-state index in [0.29, 0.717) is 5.92 Å². The normalized spacial score (nSPS) is 14.5. The van der Waals surface area contributed by atoms with Crippen LogP contribution in [0, 0.1) is 11.8 Å². The summed E-state index contributed by atoms with van der Waals surface area (Å²) in [7, 11) is 0. The van der Waals surface area contributed by atoms with Crippen molar-refractivity contribution < 1.29 is 0 Å². The van der Waals surface area contributed by atoms with Crippen LogP contribution < -0.4 is 0 Å². The maximum Gasteiger partial charge on any atom is 0.0527 e. The fraction of sp³-hybridized carbons (Fsp3) is 0.800. The average Bonchev–Trinajstić information content (AvgIpc) is 1.65. The zero-order valence-corrected chi connectivity index (χ0v) is 5.00. The van der Waals surface area contributed by atoms with Crippen molar-refractivity contribution in [1.29, 1.82) is 0 Å². The van der Waals surface area contributed by atoms with E-state index in [4.69, 9.17) is 11.6 Å². The van der Waals surface area contributed by atoms with Crippen LogP contribution in [0.1, 0.15) is 20.3 Å². The summed E-state index contributed by atoms with van der Waals surface area (Å²) in [5.74, 6) is 2.27. The number of hydrogen-bond acceptors (Lipinski definition) is 0. The maximum atomic E-state index is 5.33. The van der Waals surface area contributed by atoms with Crippen LogP contribution in [-0.2, 0) is 0 Å². The Bertz CT molecular complexity index is 23.1.